The number of esters is 1. The van der Waals surface area contributed by atoms with Crippen molar-refractivity contribution >= 4 is 28.9 Å². The minimum absolute atomic E-state index is 0.225. The van der Waals surface area contributed by atoms with Crippen molar-refractivity contribution in [1.29, 1.82) is 0 Å². The Bertz CT molecular complexity index is 493. The minimum Gasteiger partial charge on any atom is -0.467 e. The molecule has 5 nitrogen and oxygen atoms in total. The lowest BCUT2D eigenvalue weighted by molar-refractivity contribution is -0.142. The van der Waals surface area contributed by atoms with Crippen molar-refractivity contribution in [3.05, 3.63) is 24.0 Å². The third-order valence-electron chi connectivity index (χ3n) is 3.31. The predicted molar refractivity (Wildman–Crippen MR) is 77.1 cm³/mol. The van der Waals surface area contributed by atoms with Crippen LogP contribution < -0.4 is 10.6 Å². The number of methoxy groups -OCH3 is 1. The fourth-order valence-corrected chi connectivity index (χ4v) is 2.58. The van der Waals surface area contributed by atoms with Crippen molar-refractivity contribution in [2.75, 3.05) is 18.6 Å². The average molecular weight is 279 g/mol. The van der Waals surface area contributed by atoms with E-state index < -0.39 is 0 Å². The van der Waals surface area contributed by atoms with Crippen LogP contribution in [0.15, 0.2) is 18.3 Å². The van der Waals surface area contributed by atoms with Gasteiger partial charge in [-0.25, -0.2) is 4.79 Å². The highest BCUT2D eigenvalue weighted by molar-refractivity contribution is 7.80. The van der Waals surface area contributed by atoms with Gasteiger partial charge in [-0.1, -0.05) is 12.2 Å². The summed E-state index contributed by atoms with van der Waals surface area (Å²) in [4.78, 5) is 18.3. The molecule has 1 aliphatic heterocycles. The Hall–Kier alpha value is -1.69. The average Bonchev–Trinajstić information content (AvgIpc) is 2.46. The van der Waals surface area contributed by atoms with Gasteiger partial charge in [0.05, 0.1) is 12.8 Å². The van der Waals surface area contributed by atoms with Gasteiger partial charge in [-0.05, 0) is 31.4 Å². The largest absolute Gasteiger partial charge is 0.467 e. The monoisotopic (exact) mass is 279 g/mol. The molecule has 1 aliphatic rings. The number of hydrogen-bond donors (Lipinski definition) is 1. The Kier molecular flexibility index (Phi) is 4.31. The lowest BCUT2D eigenvalue weighted by Crippen LogP contribution is -2.46. The van der Waals surface area contributed by atoms with Crippen LogP contribution in [0.25, 0.3) is 0 Å². The number of hydrogen-bond acceptors (Lipinski definition) is 5. The molecule has 0 radical (unpaired) electrons. The third-order valence-corrected chi connectivity index (χ3v) is 3.50. The van der Waals surface area contributed by atoms with E-state index in [1.54, 1.807) is 6.20 Å². The molecular formula is C13H17N3O2S. The first-order valence-electron chi connectivity index (χ1n) is 6.24. The van der Waals surface area contributed by atoms with Crippen LogP contribution in [0.2, 0.25) is 0 Å². The number of aromatic nitrogens is 1. The lowest BCUT2D eigenvalue weighted by atomic mass is 10.0. The molecule has 19 heavy (non-hydrogen) atoms. The molecule has 6 heteroatoms. The Balaban J connectivity index is 2.37. The van der Waals surface area contributed by atoms with E-state index >= 15 is 0 Å². The summed E-state index contributed by atoms with van der Waals surface area (Å²) < 4.78 is 4.88. The summed E-state index contributed by atoms with van der Waals surface area (Å²) in [7, 11) is 1.41. The van der Waals surface area contributed by atoms with E-state index in [1.165, 1.54) is 7.11 Å². The van der Waals surface area contributed by atoms with Gasteiger partial charge >= 0.3 is 5.97 Å². The van der Waals surface area contributed by atoms with Crippen molar-refractivity contribution in [1.82, 2.24) is 4.98 Å². The minimum atomic E-state index is -0.281. The maximum absolute atomic E-state index is 11.9. The zero-order valence-corrected chi connectivity index (χ0v) is 11.7. The molecule has 1 fully saturated rings. The van der Waals surface area contributed by atoms with Crippen LogP contribution >= 0.6 is 12.2 Å². The standard InChI is InChI=1S/C13H17N3O2S/c1-18-13(17)10-5-2-3-8-16(10)9-6-4-7-15-11(9)12(14)19/h4,6-7,10H,2-3,5,8H2,1H3,(H2,14,19). The Morgan fingerprint density at radius 3 is 3.05 bits per heavy atom. The van der Waals surface area contributed by atoms with Crippen LogP contribution in [0.1, 0.15) is 25.0 Å². The van der Waals surface area contributed by atoms with Gasteiger partial charge in [-0.15, -0.1) is 0 Å². The van der Waals surface area contributed by atoms with Gasteiger partial charge < -0.3 is 15.4 Å². The molecule has 2 heterocycles. The van der Waals surface area contributed by atoms with Gasteiger partial charge in [0.15, 0.2) is 0 Å². The van der Waals surface area contributed by atoms with Crippen LogP contribution in [-0.2, 0) is 9.53 Å². The Labute approximate surface area is 117 Å². The SMILES string of the molecule is COC(=O)C1CCCCN1c1cccnc1C(N)=S. The first kappa shape index (κ1) is 13.7. The van der Waals surface area contributed by atoms with Crippen molar-refractivity contribution in [2.24, 2.45) is 5.73 Å². The molecule has 2 rings (SSSR count). The number of anilines is 1. The molecular weight excluding hydrogens is 262 g/mol. The first-order chi connectivity index (χ1) is 9.15. The molecule has 1 aromatic rings. The second-order valence-corrected chi connectivity index (χ2v) is 4.90. The molecule has 0 saturated carbocycles. The summed E-state index contributed by atoms with van der Waals surface area (Å²) >= 11 is 5.02. The quantitative estimate of drug-likeness (QED) is 0.663. The first-order valence-corrected chi connectivity index (χ1v) is 6.65. The van der Waals surface area contributed by atoms with Crippen LogP contribution in [0.4, 0.5) is 5.69 Å². The Morgan fingerprint density at radius 2 is 2.37 bits per heavy atom. The van der Waals surface area contributed by atoms with Gasteiger partial charge in [0, 0.05) is 12.7 Å². The number of carbonyl (C=O) groups is 1. The molecule has 0 amide bonds. The third kappa shape index (κ3) is 2.84. The molecule has 0 spiro atoms. The molecule has 1 unspecified atom stereocenters. The zero-order valence-electron chi connectivity index (χ0n) is 10.8. The van der Waals surface area contributed by atoms with E-state index in [4.69, 9.17) is 22.7 Å². The summed E-state index contributed by atoms with van der Waals surface area (Å²) in [6, 6.07) is 3.43. The summed E-state index contributed by atoms with van der Waals surface area (Å²) in [5.41, 5.74) is 7.07. The van der Waals surface area contributed by atoms with Gasteiger partial charge in [-0.3, -0.25) is 4.98 Å². The van der Waals surface area contributed by atoms with E-state index in [0.717, 1.165) is 31.5 Å². The van der Waals surface area contributed by atoms with Crippen molar-refractivity contribution in [3.63, 3.8) is 0 Å². The molecule has 1 atom stereocenters. The van der Waals surface area contributed by atoms with Crippen molar-refractivity contribution in [3.8, 4) is 0 Å². The van der Waals surface area contributed by atoms with Crippen LogP contribution in [0.5, 0.6) is 0 Å². The van der Waals surface area contributed by atoms with E-state index in [1.807, 2.05) is 17.0 Å². The molecule has 0 bridgehead atoms. The maximum Gasteiger partial charge on any atom is 0.328 e. The van der Waals surface area contributed by atoms with Gasteiger partial charge in [0.2, 0.25) is 0 Å². The topological polar surface area (TPSA) is 68.5 Å². The fraction of sp³-hybridized carbons (Fsp3) is 0.462. The molecule has 102 valence electrons. The number of nitrogens with two attached hydrogens (primary N) is 1. The summed E-state index contributed by atoms with van der Waals surface area (Å²) in [5.74, 6) is -0.225. The number of thiocarbonyl (C=S) groups is 1. The maximum atomic E-state index is 11.9. The molecule has 1 aromatic heterocycles. The highest BCUT2D eigenvalue weighted by Gasteiger charge is 2.31. The Morgan fingerprint density at radius 1 is 1.58 bits per heavy atom. The number of rotatable bonds is 3. The fourth-order valence-electron chi connectivity index (χ4n) is 2.42. The van der Waals surface area contributed by atoms with E-state index in [9.17, 15) is 4.79 Å². The van der Waals surface area contributed by atoms with Crippen molar-refractivity contribution < 1.29 is 9.53 Å². The number of piperidine rings is 1. The van der Waals surface area contributed by atoms with E-state index in [-0.39, 0.29) is 17.0 Å². The number of carbonyl (C=O) groups excluding carboxylic acids is 1. The number of pyridine rings is 1. The molecule has 0 aromatic carbocycles. The van der Waals surface area contributed by atoms with E-state index in [2.05, 4.69) is 4.98 Å². The van der Waals surface area contributed by atoms with Crippen LogP contribution in [0.3, 0.4) is 0 Å². The van der Waals surface area contributed by atoms with Crippen molar-refractivity contribution in [2.45, 2.75) is 25.3 Å². The van der Waals surface area contributed by atoms with E-state index in [0.29, 0.717) is 5.69 Å². The van der Waals surface area contributed by atoms with Gasteiger partial charge in [0.1, 0.15) is 16.7 Å². The molecule has 0 aliphatic carbocycles. The number of nitrogens with zero attached hydrogens (tertiary/aromatic N) is 2. The summed E-state index contributed by atoms with van der Waals surface area (Å²) in [6.45, 7) is 0.779. The number of ether oxygens (including phenoxy) is 1. The predicted octanol–water partition coefficient (Wildman–Crippen LogP) is 1.25. The second-order valence-electron chi connectivity index (χ2n) is 4.46. The van der Waals surface area contributed by atoms with Gasteiger partial charge in [-0.2, -0.15) is 0 Å². The highest BCUT2D eigenvalue weighted by Crippen LogP contribution is 2.27. The van der Waals surface area contributed by atoms with Gasteiger partial charge in [0.25, 0.3) is 0 Å². The second kappa shape index (κ2) is 5.97. The lowest BCUT2D eigenvalue weighted by Gasteiger charge is -2.36. The molecule has 2 N–H and O–H groups in total. The van der Waals surface area contributed by atoms with Crippen LogP contribution in [-0.4, -0.2) is 35.6 Å². The summed E-state index contributed by atoms with van der Waals surface area (Å²) in [5, 5.41) is 0. The highest BCUT2D eigenvalue weighted by atomic mass is 32.1. The normalized spacial score (nSPS) is 19.0. The molecule has 1 saturated heterocycles. The smallest absolute Gasteiger partial charge is 0.328 e. The zero-order chi connectivity index (χ0) is 13.8. The summed E-state index contributed by atoms with van der Waals surface area (Å²) in [6.07, 6.45) is 4.46. The van der Waals surface area contributed by atoms with Crippen LogP contribution in [0, 0.1) is 0 Å².